The van der Waals surface area contributed by atoms with Crippen LogP contribution in [-0.2, 0) is 0 Å². The molecule has 0 heterocycles. The summed E-state index contributed by atoms with van der Waals surface area (Å²) in [4.78, 5) is 14.8. The molecule has 0 amide bonds. The Morgan fingerprint density at radius 1 is 1.62 bits per heavy atom. The summed E-state index contributed by atoms with van der Waals surface area (Å²) in [6, 6.07) is 6.84. The standard InChI is InChI=1S/C9H10N2O2/c1-7(12)8-3-2-4-9(5-8)10-6-11-13/h2-6,13H,1H3,(H,10,11). The van der Waals surface area contributed by atoms with E-state index in [0.717, 1.165) is 6.34 Å². The van der Waals surface area contributed by atoms with Gasteiger partial charge in [-0.05, 0) is 19.1 Å². The number of hydrogen-bond donors (Lipinski definition) is 2. The van der Waals surface area contributed by atoms with Crippen LogP contribution in [0.3, 0.4) is 0 Å². The maximum absolute atomic E-state index is 11.0. The second kappa shape index (κ2) is 4.37. The Kier molecular flexibility index (Phi) is 3.16. The number of aliphatic imine (C=N–C) groups is 1. The first-order valence-corrected chi connectivity index (χ1v) is 3.77. The minimum Gasteiger partial charge on any atom is -0.295 e. The van der Waals surface area contributed by atoms with Gasteiger partial charge in [0.25, 0.3) is 0 Å². The van der Waals surface area contributed by atoms with Gasteiger partial charge in [-0.15, -0.1) is 0 Å². The fourth-order valence-electron chi connectivity index (χ4n) is 0.909. The first-order valence-electron chi connectivity index (χ1n) is 3.77. The Morgan fingerprint density at radius 2 is 2.38 bits per heavy atom. The summed E-state index contributed by atoms with van der Waals surface area (Å²) in [5.74, 6) is -0.00555. The van der Waals surface area contributed by atoms with Crippen LogP contribution in [0.1, 0.15) is 17.3 Å². The van der Waals surface area contributed by atoms with Crippen molar-refractivity contribution in [2.24, 2.45) is 4.99 Å². The summed E-state index contributed by atoms with van der Waals surface area (Å²) in [5.41, 5.74) is 3.01. The minimum absolute atomic E-state index is 0.00555. The summed E-state index contributed by atoms with van der Waals surface area (Å²) in [6.45, 7) is 1.49. The van der Waals surface area contributed by atoms with E-state index < -0.39 is 0 Å². The SMILES string of the molecule is CC(=O)c1cccc(N=CNO)c1. The largest absolute Gasteiger partial charge is 0.295 e. The summed E-state index contributed by atoms with van der Waals surface area (Å²) >= 11 is 0. The van der Waals surface area contributed by atoms with Crippen LogP contribution in [0, 0.1) is 0 Å². The number of carbonyl (C=O) groups is 1. The van der Waals surface area contributed by atoms with E-state index in [1.165, 1.54) is 6.92 Å². The van der Waals surface area contributed by atoms with Gasteiger partial charge in [-0.2, -0.15) is 0 Å². The van der Waals surface area contributed by atoms with Crippen molar-refractivity contribution < 1.29 is 10.0 Å². The van der Waals surface area contributed by atoms with Gasteiger partial charge in [0.15, 0.2) is 5.78 Å². The molecule has 0 aromatic heterocycles. The molecular formula is C9H10N2O2. The highest BCUT2D eigenvalue weighted by Crippen LogP contribution is 2.13. The molecule has 0 unspecified atom stereocenters. The van der Waals surface area contributed by atoms with Gasteiger partial charge >= 0.3 is 0 Å². The number of nitrogens with one attached hydrogen (secondary N) is 1. The Morgan fingerprint density at radius 3 is 3.00 bits per heavy atom. The lowest BCUT2D eigenvalue weighted by Gasteiger charge is -1.96. The van der Waals surface area contributed by atoms with Crippen molar-refractivity contribution in [3.8, 4) is 0 Å². The Hall–Kier alpha value is -1.68. The Bertz CT molecular complexity index is 334. The van der Waals surface area contributed by atoms with E-state index in [0.29, 0.717) is 11.3 Å². The monoisotopic (exact) mass is 178 g/mol. The average Bonchev–Trinajstić information content (AvgIpc) is 2.15. The van der Waals surface area contributed by atoms with E-state index in [9.17, 15) is 4.79 Å². The predicted octanol–water partition coefficient (Wildman–Crippen LogP) is 1.53. The Labute approximate surface area is 75.9 Å². The van der Waals surface area contributed by atoms with Crippen molar-refractivity contribution in [3.05, 3.63) is 29.8 Å². The fourth-order valence-corrected chi connectivity index (χ4v) is 0.909. The first kappa shape index (κ1) is 9.41. The molecule has 4 heteroatoms. The molecule has 1 rings (SSSR count). The summed E-state index contributed by atoms with van der Waals surface area (Å²) < 4.78 is 0. The third kappa shape index (κ3) is 2.68. The molecule has 0 saturated carbocycles. The number of carbonyl (C=O) groups excluding carboxylic acids is 1. The van der Waals surface area contributed by atoms with Crippen LogP contribution >= 0.6 is 0 Å². The van der Waals surface area contributed by atoms with Gasteiger partial charge in [-0.1, -0.05) is 12.1 Å². The van der Waals surface area contributed by atoms with Gasteiger partial charge < -0.3 is 0 Å². The molecule has 1 aromatic rings. The molecule has 0 radical (unpaired) electrons. The number of Topliss-reactive ketones (excluding diaryl/α,β-unsaturated/α-hetero) is 1. The van der Waals surface area contributed by atoms with Crippen molar-refractivity contribution in [1.29, 1.82) is 0 Å². The van der Waals surface area contributed by atoms with E-state index in [4.69, 9.17) is 5.21 Å². The van der Waals surface area contributed by atoms with Gasteiger partial charge in [-0.3, -0.25) is 15.5 Å². The number of benzene rings is 1. The van der Waals surface area contributed by atoms with Crippen LogP contribution in [0.5, 0.6) is 0 Å². The van der Waals surface area contributed by atoms with Crippen LogP contribution in [0.15, 0.2) is 29.3 Å². The maximum atomic E-state index is 11.0. The summed E-state index contributed by atoms with van der Waals surface area (Å²) in [7, 11) is 0. The van der Waals surface area contributed by atoms with E-state index in [1.807, 2.05) is 0 Å². The highest BCUT2D eigenvalue weighted by Gasteiger charge is 1.98. The molecule has 0 bridgehead atoms. The quantitative estimate of drug-likeness (QED) is 0.319. The van der Waals surface area contributed by atoms with Crippen molar-refractivity contribution in [2.75, 3.05) is 0 Å². The lowest BCUT2D eigenvalue weighted by atomic mass is 10.1. The molecule has 4 nitrogen and oxygen atoms in total. The highest BCUT2D eigenvalue weighted by atomic mass is 16.5. The first-order chi connectivity index (χ1) is 6.24. The second-order valence-corrected chi connectivity index (χ2v) is 2.49. The van der Waals surface area contributed by atoms with E-state index in [1.54, 1.807) is 29.7 Å². The molecule has 0 aliphatic carbocycles. The highest BCUT2D eigenvalue weighted by molar-refractivity contribution is 5.94. The molecule has 68 valence electrons. The van der Waals surface area contributed by atoms with Gasteiger partial charge in [0.2, 0.25) is 0 Å². The summed E-state index contributed by atoms with van der Waals surface area (Å²) in [5, 5.41) is 8.24. The predicted molar refractivity (Wildman–Crippen MR) is 49.5 cm³/mol. The van der Waals surface area contributed by atoms with E-state index in [-0.39, 0.29) is 5.78 Å². The molecule has 0 saturated heterocycles. The van der Waals surface area contributed by atoms with Crippen LogP contribution < -0.4 is 5.48 Å². The number of hydrogen-bond acceptors (Lipinski definition) is 3. The number of hydroxylamine groups is 1. The van der Waals surface area contributed by atoms with Gasteiger partial charge in [0.1, 0.15) is 6.34 Å². The van der Waals surface area contributed by atoms with Gasteiger partial charge in [0, 0.05) is 5.56 Å². The van der Waals surface area contributed by atoms with Crippen LogP contribution in [0.4, 0.5) is 5.69 Å². The third-order valence-electron chi connectivity index (χ3n) is 1.52. The zero-order valence-electron chi connectivity index (χ0n) is 7.19. The third-order valence-corrected chi connectivity index (χ3v) is 1.52. The zero-order valence-corrected chi connectivity index (χ0v) is 7.19. The Balaban J connectivity index is 2.92. The van der Waals surface area contributed by atoms with Crippen molar-refractivity contribution in [3.63, 3.8) is 0 Å². The molecule has 0 aliphatic rings. The minimum atomic E-state index is -0.00555. The maximum Gasteiger partial charge on any atom is 0.159 e. The van der Waals surface area contributed by atoms with E-state index in [2.05, 4.69) is 4.99 Å². The zero-order chi connectivity index (χ0) is 9.68. The van der Waals surface area contributed by atoms with Gasteiger partial charge in [-0.25, -0.2) is 4.99 Å². The van der Waals surface area contributed by atoms with E-state index >= 15 is 0 Å². The lowest BCUT2D eigenvalue weighted by molar-refractivity contribution is 0.101. The summed E-state index contributed by atoms with van der Waals surface area (Å²) in [6.07, 6.45) is 1.14. The average molecular weight is 178 g/mol. The molecule has 0 aliphatic heterocycles. The van der Waals surface area contributed by atoms with Crippen LogP contribution in [0.25, 0.3) is 0 Å². The van der Waals surface area contributed by atoms with Crippen molar-refractivity contribution >= 4 is 17.8 Å². The van der Waals surface area contributed by atoms with Crippen molar-refractivity contribution in [2.45, 2.75) is 6.92 Å². The molecule has 13 heavy (non-hydrogen) atoms. The molecule has 0 spiro atoms. The fraction of sp³-hybridized carbons (Fsp3) is 0.111. The lowest BCUT2D eigenvalue weighted by Crippen LogP contribution is -2.01. The molecule has 2 N–H and O–H groups in total. The van der Waals surface area contributed by atoms with Crippen LogP contribution in [0.2, 0.25) is 0 Å². The number of rotatable bonds is 3. The van der Waals surface area contributed by atoms with Gasteiger partial charge in [0.05, 0.1) is 5.69 Å². The number of ketones is 1. The van der Waals surface area contributed by atoms with Crippen LogP contribution in [-0.4, -0.2) is 17.3 Å². The molecule has 1 aromatic carbocycles. The molecular weight excluding hydrogens is 168 g/mol. The number of nitrogens with zero attached hydrogens (tertiary/aromatic N) is 1. The normalized spacial score (nSPS) is 10.3. The molecule has 0 atom stereocenters. The van der Waals surface area contributed by atoms with Crippen molar-refractivity contribution in [1.82, 2.24) is 5.48 Å². The molecule has 0 fully saturated rings. The topological polar surface area (TPSA) is 61.7 Å². The smallest absolute Gasteiger partial charge is 0.159 e. The second-order valence-electron chi connectivity index (χ2n) is 2.49.